The molecule has 2 rings (SSSR count). The maximum atomic E-state index is 12.7. The molecule has 7 heteroatoms. The van der Waals surface area contributed by atoms with Gasteiger partial charge in [0.05, 0.1) is 11.1 Å². The molecule has 1 aliphatic rings. The molecule has 0 bridgehead atoms. The van der Waals surface area contributed by atoms with Crippen molar-refractivity contribution in [2.45, 2.75) is 37.7 Å². The predicted molar refractivity (Wildman–Crippen MR) is 60.7 cm³/mol. The van der Waals surface area contributed by atoms with Gasteiger partial charge in [0.1, 0.15) is 0 Å². The largest absolute Gasteiger partial charge is 0.416 e. The maximum Gasteiger partial charge on any atom is 0.416 e. The van der Waals surface area contributed by atoms with E-state index in [1.54, 1.807) is 0 Å². The number of halogens is 6. The van der Waals surface area contributed by atoms with Gasteiger partial charge in [-0.3, -0.25) is 0 Å². The first-order valence-corrected chi connectivity index (χ1v) is 6.14. The average molecular weight is 297 g/mol. The van der Waals surface area contributed by atoms with Crippen LogP contribution in [-0.4, -0.2) is 0 Å². The van der Waals surface area contributed by atoms with Gasteiger partial charge in [-0.1, -0.05) is 6.42 Å². The molecule has 0 aliphatic heterocycles. The van der Waals surface area contributed by atoms with E-state index in [1.807, 2.05) is 0 Å². The number of hydrogen-bond donors (Lipinski definition) is 1. The second kappa shape index (κ2) is 4.95. The van der Waals surface area contributed by atoms with Crippen molar-refractivity contribution in [3.63, 3.8) is 0 Å². The van der Waals surface area contributed by atoms with Gasteiger partial charge >= 0.3 is 12.4 Å². The van der Waals surface area contributed by atoms with Crippen LogP contribution in [0.1, 0.15) is 42.0 Å². The molecule has 2 N–H and O–H groups in total. The fourth-order valence-corrected chi connectivity index (χ4v) is 2.24. The van der Waals surface area contributed by atoms with Crippen molar-refractivity contribution in [2.75, 3.05) is 0 Å². The fourth-order valence-electron chi connectivity index (χ4n) is 2.24. The lowest BCUT2D eigenvalue weighted by molar-refractivity contribution is -0.143. The number of hydrogen-bond acceptors (Lipinski definition) is 1. The van der Waals surface area contributed by atoms with Crippen LogP contribution in [0.15, 0.2) is 18.2 Å². The molecule has 0 spiro atoms. The van der Waals surface area contributed by atoms with Crippen LogP contribution in [0.5, 0.6) is 0 Å². The summed E-state index contributed by atoms with van der Waals surface area (Å²) in [6.45, 7) is 0. The minimum atomic E-state index is -4.82. The molecule has 112 valence electrons. The second-order valence-electron chi connectivity index (χ2n) is 5.06. The van der Waals surface area contributed by atoms with Crippen LogP contribution in [0.3, 0.4) is 0 Å². The molecule has 1 fully saturated rings. The first kappa shape index (κ1) is 15.2. The molecule has 1 aromatic rings. The van der Waals surface area contributed by atoms with Gasteiger partial charge in [-0.25, -0.2) is 0 Å². The summed E-state index contributed by atoms with van der Waals surface area (Å²) in [6, 6.07) is 0.778. The quantitative estimate of drug-likeness (QED) is 0.798. The lowest BCUT2D eigenvalue weighted by Crippen LogP contribution is -2.27. The van der Waals surface area contributed by atoms with Crippen molar-refractivity contribution in [1.82, 2.24) is 0 Å². The van der Waals surface area contributed by atoms with E-state index in [9.17, 15) is 26.3 Å². The zero-order valence-electron chi connectivity index (χ0n) is 10.4. The predicted octanol–water partition coefficient (Wildman–Crippen LogP) is 4.52. The van der Waals surface area contributed by atoms with Crippen LogP contribution in [-0.2, 0) is 12.4 Å². The summed E-state index contributed by atoms with van der Waals surface area (Å²) in [5.41, 5.74) is 3.07. The molecule has 1 aliphatic carbocycles. The van der Waals surface area contributed by atoms with Crippen LogP contribution in [0, 0.1) is 5.92 Å². The minimum absolute atomic E-state index is 0.0421. The van der Waals surface area contributed by atoms with Gasteiger partial charge in [-0.15, -0.1) is 0 Å². The molecule has 1 nitrogen and oxygen atoms in total. The number of nitrogens with two attached hydrogens (primary N) is 1. The third kappa shape index (κ3) is 3.08. The van der Waals surface area contributed by atoms with Crippen LogP contribution < -0.4 is 5.73 Å². The lowest BCUT2D eigenvalue weighted by atomic mass is 9.77. The molecule has 0 amide bonds. The van der Waals surface area contributed by atoms with Gasteiger partial charge < -0.3 is 5.73 Å². The van der Waals surface area contributed by atoms with E-state index in [1.165, 1.54) is 0 Å². The molecule has 1 atom stereocenters. The second-order valence-corrected chi connectivity index (χ2v) is 5.06. The Morgan fingerprint density at radius 2 is 1.35 bits per heavy atom. The van der Waals surface area contributed by atoms with Gasteiger partial charge in [0, 0.05) is 6.04 Å². The first-order chi connectivity index (χ1) is 9.09. The molecular weight excluding hydrogens is 284 g/mol. The Labute approximate surface area is 111 Å². The van der Waals surface area contributed by atoms with Gasteiger partial charge in [0.25, 0.3) is 0 Å². The topological polar surface area (TPSA) is 26.0 Å². The highest BCUT2D eigenvalue weighted by Crippen LogP contribution is 2.41. The average Bonchev–Trinajstić information content (AvgIpc) is 2.23. The van der Waals surface area contributed by atoms with Crippen molar-refractivity contribution in [1.29, 1.82) is 0 Å². The fraction of sp³-hybridized carbons (Fsp3) is 0.538. The Bertz CT molecular complexity index is 454. The van der Waals surface area contributed by atoms with E-state index < -0.39 is 29.5 Å². The molecule has 0 heterocycles. The van der Waals surface area contributed by atoms with Crippen molar-refractivity contribution in [3.8, 4) is 0 Å². The Morgan fingerprint density at radius 1 is 0.900 bits per heavy atom. The van der Waals surface area contributed by atoms with Crippen molar-refractivity contribution >= 4 is 0 Å². The minimum Gasteiger partial charge on any atom is -0.324 e. The van der Waals surface area contributed by atoms with Crippen LogP contribution in [0.4, 0.5) is 26.3 Å². The summed E-state index contributed by atoms with van der Waals surface area (Å²) in [5.74, 6) is -0.0421. The van der Waals surface area contributed by atoms with Gasteiger partial charge in [0.2, 0.25) is 0 Å². The zero-order valence-corrected chi connectivity index (χ0v) is 10.4. The van der Waals surface area contributed by atoms with Crippen LogP contribution in [0.2, 0.25) is 0 Å². The highest BCUT2D eigenvalue weighted by molar-refractivity contribution is 5.35. The normalized spacial score (nSPS) is 18.8. The van der Waals surface area contributed by atoms with Crippen molar-refractivity contribution < 1.29 is 26.3 Å². The summed E-state index contributed by atoms with van der Waals surface area (Å²) in [5, 5.41) is 0. The van der Waals surface area contributed by atoms with Gasteiger partial charge in [-0.2, -0.15) is 26.3 Å². The molecule has 0 saturated heterocycles. The molecule has 0 aromatic heterocycles. The molecule has 1 aromatic carbocycles. The number of alkyl halides is 6. The highest BCUT2D eigenvalue weighted by atomic mass is 19.4. The Hall–Kier alpha value is -1.24. The van der Waals surface area contributed by atoms with E-state index in [2.05, 4.69) is 0 Å². The molecule has 0 radical (unpaired) electrons. The number of benzene rings is 1. The summed E-state index contributed by atoms with van der Waals surface area (Å²) in [6.07, 6.45) is -7.27. The molecule has 20 heavy (non-hydrogen) atoms. The third-order valence-electron chi connectivity index (χ3n) is 3.65. The smallest absolute Gasteiger partial charge is 0.324 e. The SMILES string of the molecule is N[C@H](c1cc(C(F)(F)F)cc(C(F)(F)F)c1)C1CCC1. The molecular formula is C13H13F6N. The Kier molecular flexibility index (Phi) is 3.75. The standard InChI is InChI=1S/C13H13F6N/c14-12(15,16)9-4-8(11(20)7-2-1-3-7)5-10(6-9)13(17,18)19/h4-7,11H,1-3,20H2/t11-/m0/s1. The van der Waals surface area contributed by atoms with E-state index >= 15 is 0 Å². The van der Waals surface area contributed by atoms with Crippen molar-refractivity contribution in [3.05, 3.63) is 34.9 Å². The Balaban J connectivity index is 2.45. The van der Waals surface area contributed by atoms with E-state index in [0.717, 1.165) is 31.4 Å². The zero-order chi connectivity index (χ0) is 15.1. The summed E-state index contributed by atoms with van der Waals surface area (Å²) in [4.78, 5) is 0. The van der Waals surface area contributed by atoms with Crippen molar-refractivity contribution in [2.24, 2.45) is 11.7 Å². The van der Waals surface area contributed by atoms with Gasteiger partial charge in [-0.05, 0) is 42.5 Å². The Morgan fingerprint density at radius 3 is 1.65 bits per heavy atom. The highest BCUT2D eigenvalue weighted by Gasteiger charge is 2.38. The summed E-state index contributed by atoms with van der Waals surface area (Å²) >= 11 is 0. The van der Waals surface area contributed by atoms with E-state index in [-0.39, 0.29) is 17.5 Å². The third-order valence-corrected chi connectivity index (χ3v) is 3.65. The first-order valence-electron chi connectivity index (χ1n) is 6.14. The molecule has 0 unspecified atom stereocenters. The van der Waals surface area contributed by atoms with Gasteiger partial charge in [0.15, 0.2) is 0 Å². The summed E-state index contributed by atoms with van der Waals surface area (Å²) < 4.78 is 76.1. The monoisotopic (exact) mass is 297 g/mol. The number of rotatable bonds is 2. The molecule has 1 saturated carbocycles. The summed E-state index contributed by atoms with van der Waals surface area (Å²) in [7, 11) is 0. The lowest BCUT2D eigenvalue weighted by Gasteiger charge is -2.32. The van der Waals surface area contributed by atoms with Crippen LogP contribution >= 0.6 is 0 Å². The van der Waals surface area contributed by atoms with E-state index in [4.69, 9.17) is 5.73 Å². The maximum absolute atomic E-state index is 12.7. The van der Waals surface area contributed by atoms with Crippen LogP contribution in [0.25, 0.3) is 0 Å². The van der Waals surface area contributed by atoms with E-state index in [0.29, 0.717) is 0 Å².